The number of rotatable bonds is 3. The third-order valence-corrected chi connectivity index (χ3v) is 2.53. The topological polar surface area (TPSA) is 15.8 Å². The highest BCUT2D eigenvalue weighted by atomic mass is 35.5. The maximum atomic E-state index is 5.67. The number of aromatic amines is 1. The summed E-state index contributed by atoms with van der Waals surface area (Å²) in [5, 5.41) is 1.33. The molecule has 68 valence electrons. The lowest BCUT2D eigenvalue weighted by Crippen LogP contribution is -1.86. The molecule has 0 saturated heterocycles. The van der Waals surface area contributed by atoms with Gasteiger partial charge in [-0.1, -0.05) is 12.1 Å². The molecule has 0 atom stereocenters. The van der Waals surface area contributed by atoms with Crippen LogP contribution in [-0.2, 0) is 6.42 Å². The van der Waals surface area contributed by atoms with Crippen LogP contribution in [0.25, 0.3) is 10.9 Å². The van der Waals surface area contributed by atoms with E-state index in [0.717, 1.165) is 18.7 Å². The molecule has 1 nitrogen and oxygen atoms in total. The van der Waals surface area contributed by atoms with Crippen LogP contribution in [0.5, 0.6) is 0 Å². The molecule has 1 aromatic carbocycles. The van der Waals surface area contributed by atoms with E-state index in [9.17, 15) is 0 Å². The Hall–Kier alpha value is -0.950. The summed E-state index contributed by atoms with van der Waals surface area (Å²) in [6.07, 6.45) is 4.10. The highest BCUT2D eigenvalue weighted by Crippen LogP contribution is 2.18. The summed E-state index contributed by atoms with van der Waals surface area (Å²) in [4.78, 5) is 3.20. The molecule has 0 aliphatic heterocycles. The smallest absolute Gasteiger partial charge is 0.0456 e. The second-order valence-electron chi connectivity index (χ2n) is 3.15. The Morgan fingerprint density at radius 2 is 2.15 bits per heavy atom. The summed E-state index contributed by atoms with van der Waals surface area (Å²) < 4.78 is 0. The predicted octanol–water partition coefficient (Wildman–Crippen LogP) is 3.34. The summed E-state index contributed by atoms with van der Waals surface area (Å²) >= 11 is 5.67. The van der Waals surface area contributed by atoms with E-state index in [4.69, 9.17) is 11.6 Å². The van der Waals surface area contributed by atoms with E-state index >= 15 is 0 Å². The zero-order valence-corrected chi connectivity index (χ0v) is 8.14. The average Bonchev–Trinajstić information content (AvgIpc) is 2.62. The van der Waals surface area contributed by atoms with Gasteiger partial charge in [0.25, 0.3) is 0 Å². The average molecular weight is 194 g/mol. The first-order valence-electron chi connectivity index (χ1n) is 4.53. The Morgan fingerprint density at radius 1 is 1.23 bits per heavy atom. The maximum absolute atomic E-state index is 5.67. The van der Waals surface area contributed by atoms with Crippen molar-refractivity contribution in [3.63, 3.8) is 0 Å². The van der Waals surface area contributed by atoms with Crippen LogP contribution < -0.4 is 0 Å². The van der Waals surface area contributed by atoms with Gasteiger partial charge in [0.1, 0.15) is 0 Å². The van der Waals surface area contributed by atoms with E-state index in [1.54, 1.807) is 0 Å². The Balaban J connectivity index is 2.37. The fourth-order valence-electron chi connectivity index (χ4n) is 1.63. The molecule has 2 heteroatoms. The van der Waals surface area contributed by atoms with Gasteiger partial charge in [0.2, 0.25) is 0 Å². The van der Waals surface area contributed by atoms with Crippen molar-refractivity contribution in [3.05, 3.63) is 36.0 Å². The SMILES string of the molecule is ClCCCc1cccc2[nH]ccc12. The van der Waals surface area contributed by atoms with Crippen LogP contribution >= 0.6 is 11.6 Å². The predicted molar refractivity (Wildman–Crippen MR) is 57.3 cm³/mol. The molecular formula is C11H12ClN. The number of aromatic nitrogens is 1. The van der Waals surface area contributed by atoms with Crippen LogP contribution in [-0.4, -0.2) is 10.9 Å². The molecule has 1 aromatic heterocycles. The molecule has 13 heavy (non-hydrogen) atoms. The van der Waals surface area contributed by atoms with Crippen LogP contribution in [0.3, 0.4) is 0 Å². The van der Waals surface area contributed by atoms with Crippen molar-refractivity contribution < 1.29 is 0 Å². The van der Waals surface area contributed by atoms with Crippen LogP contribution in [0.4, 0.5) is 0 Å². The lowest BCUT2D eigenvalue weighted by Gasteiger charge is -2.00. The van der Waals surface area contributed by atoms with Crippen molar-refractivity contribution >= 4 is 22.5 Å². The molecule has 0 unspecified atom stereocenters. The lowest BCUT2D eigenvalue weighted by molar-refractivity contribution is 0.937. The van der Waals surface area contributed by atoms with E-state index in [-0.39, 0.29) is 0 Å². The number of hydrogen-bond acceptors (Lipinski definition) is 0. The molecule has 1 heterocycles. The first-order valence-corrected chi connectivity index (χ1v) is 5.06. The molecule has 0 aliphatic carbocycles. The van der Waals surface area contributed by atoms with Gasteiger partial charge in [-0.25, -0.2) is 0 Å². The largest absolute Gasteiger partial charge is 0.361 e. The summed E-state index contributed by atoms with van der Waals surface area (Å²) in [5.74, 6) is 0.737. The van der Waals surface area contributed by atoms with Gasteiger partial charge in [-0.3, -0.25) is 0 Å². The molecule has 0 saturated carbocycles. The normalized spacial score (nSPS) is 10.8. The van der Waals surface area contributed by atoms with E-state index < -0.39 is 0 Å². The molecular weight excluding hydrogens is 182 g/mol. The fourth-order valence-corrected chi connectivity index (χ4v) is 1.76. The second kappa shape index (κ2) is 3.84. The number of benzene rings is 1. The minimum Gasteiger partial charge on any atom is -0.361 e. The van der Waals surface area contributed by atoms with Crippen molar-refractivity contribution in [1.29, 1.82) is 0 Å². The minimum absolute atomic E-state index is 0.737. The molecule has 0 amide bonds. The second-order valence-corrected chi connectivity index (χ2v) is 3.53. The number of nitrogens with one attached hydrogen (secondary N) is 1. The molecule has 0 aliphatic rings. The Labute approximate surface area is 82.7 Å². The van der Waals surface area contributed by atoms with Crippen molar-refractivity contribution in [2.45, 2.75) is 12.8 Å². The lowest BCUT2D eigenvalue weighted by atomic mass is 10.1. The molecule has 2 aromatic rings. The highest BCUT2D eigenvalue weighted by molar-refractivity contribution is 6.17. The Morgan fingerprint density at radius 3 is 3.00 bits per heavy atom. The summed E-state index contributed by atoms with van der Waals surface area (Å²) in [6, 6.07) is 8.48. The van der Waals surface area contributed by atoms with E-state index in [1.807, 2.05) is 6.20 Å². The number of alkyl halides is 1. The number of H-pyrrole nitrogens is 1. The van der Waals surface area contributed by atoms with Gasteiger partial charge in [0, 0.05) is 23.0 Å². The minimum atomic E-state index is 0.737. The van der Waals surface area contributed by atoms with Crippen molar-refractivity contribution in [2.24, 2.45) is 0 Å². The Bertz CT molecular complexity index is 392. The van der Waals surface area contributed by atoms with Gasteiger partial charge in [0.15, 0.2) is 0 Å². The van der Waals surface area contributed by atoms with Gasteiger partial charge >= 0.3 is 0 Å². The van der Waals surface area contributed by atoms with Gasteiger partial charge in [-0.2, -0.15) is 0 Å². The molecule has 0 bridgehead atoms. The van der Waals surface area contributed by atoms with Gasteiger partial charge in [0.05, 0.1) is 0 Å². The first-order chi connectivity index (χ1) is 6.42. The summed E-state index contributed by atoms with van der Waals surface area (Å²) in [6.45, 7) is 0. The van der Waals surface area contributed by atoms with Crippen molar-refractivity contribution in [1.82, 2.24) is 4.98 Å². The van der Waals surface area contributed by atoms with Crippen LogP contribution in [0, 0.1) is 0 Å². The zero-order chi connectivity index (χ0) is 9.10. The monoisotopic (exact) mass is 193 g/mol. The summed E-state index contributed by atoms with van der Waals surface area (Å²) in [7, 11) is 0. The van der Waals surface area contributed by atoms with Crippen LogP contribution in [0.1, 0.15) is 12.0 Å². The van der Waals surface area contributed by atoms with E-state index in [1.165, 1.54) is 16.5 Å². The first kappa shape index (κ1) is 8.64. The van der Waals surface area contributed by atoms with Crippen molar-refractivity contribution in [2.75, 3.05) is 5.88 Å². The third-order valence-electron chi connectivity index (χ3n) is 2.27. The molecule has 0 radical (unpaired) electrons. The maximum Gasteiger partial charge on any atom is 0.0456 e. The standard InChI is InChI=1S/C11H12ClN/c12-7-2-4-9-3-1-5-11-10(9)6-8-13-11/h1,3,5-6,8,13H,2,4,7H2. The molecule has 0 fully saturated rings. The van der Waals surface area contributed by atoms with Gasteiger partial charge in [-0.15, -0.1) is 11.6 Å². The summed E-state index contributed by atoms with van der Waals surface area (Å²) in [5.41, 5.74) is 2.60. The number of hydrogen-bond donors (Lipinski definition) is 1. The van der Waals surface area contributed by atoms with Crippen LogP contribution in [0.15, 0.2) is 30.5 Å². The Kier molecular flexibility index (Phi) is 2.55. The highest BCUT2D eigenvalue weighted by Gasteiger charge is 1.99. The number of halogens is 1. The van der Waals surface area contributed by atoms with Gasteiger partial charge < -0.3 is 4.98 Å². The molecule has 0 spiro atoms. The zero-order valence-electron chi connectivity index (χ0n) is 7.39. The molecule has 2 rings (SSSR count). The van der Waals surface area contributed by atoms with Gasteiger partial charge in [-0.05, 0) is 30.5 Å². The number of aryl methyl sites for hydroxylation is 1. The quantitative estimate of drug-likeness (QED) is 0.720. The van der Waals surface area contributed by atoms with E-state index in [2.05, 4.69) is 29.2 Å². The third kappa shape index (κ3) is 1.70. The molecule has 1 N–H and O–H groups in total. The van der Waals surface area contributed by atoms with Crippen LogP contribution in [0.2, 0.25) is 0 Å². The fraction of sp³-hybridized carbons (Fsp3) is 0.273. The van der Waals surface area contributed by atoms with E-state index in [0.29, 0.717) is 0 Å². The van der Waals surface area contributed by atoms with Crippen molar-refractivity contribution in [3.8, 4) is 0 Å². The number of fused-ring (bicyclic) bond motifs is 1.